The van der Waals surface area contributed by atoms with Crippen LogP contribution in [0.2, 0.25) is 0 Å². The van der Waals surface area contributed by atoms with Gasteiger partial charge in [-0.25, -0.2) is 8.42 Å². The van der Waals surface area contributed by atoms with Crippen LogP contribution < -0.4 is 0 Å². The number of sulfone groups is 1. The summed E-state index contributed by atoms with van der Waals surface area (Å²) in [5.41, 5.74) is 1.29. The van der Waals surface area contributed by atoms with Gasteiger partial charge < -0.3 is 5.11 Å². The van der Waals surface area contributed by atoms with E-state index in [-0.39, 0.29) is 16.8 Å². The smallest absolute Gasteiger partial charge is 0.150 e. The molecule has 0 spiro atoms. The van der Waals surface area contributed by atoms with Crippen LogP contribution in [0.25, 0.3) is 0 Å². The average Bonchev–Trinajstić information content (AvgIpc) is 2.82. The second-order valence-electron chi connectivity index (χ2n) is 4.91. The standard InChI is InChI=1S/C14H20O3S2/c1-2-19(16,17)9-5-7-12(15)14-10-11-6-3-4-8-13(11)18-14/h3-4,6,8,12,14-15H,2,5,7,9-10H2,1H3. The van der Waals surface area contributed by atoms with Crippen LogP contribution in [0.3, 0.4) is 0 Å². The van der Waals surface area contributed by atoms with Crippen molar-refractivity contribution in [3.8, 4) is 0 Å². The summed E-state index contributed by atoms with van der Waals surface area (Å²) in [5.74, 6) is 0.373. The Labute approximate surface area is 119 Å². The van der Waals surface area contributed by atoms with E-state index in [1.165, 1.54) is 10.5 Å². The molecule has 1 aliphatic heterocycles. The maximum absolute atomic E-state index is 11.4. The summed E-state index contributed by atoms with van der Waals surface area (Å²) in [6.07, 6.45) is 1.56. The Hall–Kier alpha value is -0.520. The minimum Gasteiger partial charge on any atom is -0.392 e. The fraction of sp³-hybridized carbons (Fsp3) is 0.571. The molecule has 1 aromatic rings. The molecule has 1 heterocycles. The predicted molar refractivity (Wildman–Crippen MR) is 79.4 cm³/mol. The highest BCUT2D eigenvalue weighted by Gasteiger charge is 2.27. The minimum atomic E-state index is -2.91. The van der Waals surface area contributed by atoms with Crippen LogP contribution >= 0.6 is 11.8 Å². The minimum absolute atomic E-state index is 0.168. The lowest BCUT2D eigenvalue weighted by Gasteiger charge is -2.16. The van der Waals surface area contributed by atoms with Gasteiger partial charge in [0, 0.05) is 15.9 Å². The molecule has 2 rings (SSSR count). The number of aliphatic hydroxyl groups is 1. The first-order valence-corrected chi connectivity index (χ1v) is 9.35. The van der Waals surface area contributed by atoms with Crippen LogP contribution in [-0.2, 0) is 16.3 Å². The summed E-state index contributed by atoms with van der Waals surface area (Å²) in [7, 11) is -2.91. The Bertz CT molecular complexity index is 500. The van der Waals surface area contributed by atoms with Crippen molar-refractivity contribution in [1.29, 1.82) is 0 Å². The number of rotatable bonds is 6. The van der Waals surface area contributed by atoms with Crippen molar-refractivity contribution in [2.45, 2.75) is 42.4 Å². The van der Waals surface area contributed by atoms with Crippen LogP contribution in [0.1, 0.15) is 25.3 Å². The molecular formula is C14H20O3S2. The second kappa shape index (κ2) is 6.29. The first-order chi connectivity index (χ1) is 9.02. The Morgan fingerprint density at radius 1 is 1.42 bits per heavy atom. The maximum atomic E-state index is 11.4. The normalized spacial score (nSPS) is 20.2. The van der Waals surface area contributed by atoms with E-state index >= 15 is 0 Å². The lowest BCUT2D eigenvalue weighted by atomic mass is 10.0. The van der Waals surface area contributed by atoms with Gasteiger partial charge in [-0.3, -0.25) is 0 Å². The van der Waals surface area contributed by atoms with Gasteiger partial charge in [-0.15, -0.1) is 11.8 Å². The zero-order valence-electron chi connectivity index (χ0n) is 11.1. The van der Waals surface area contributed by atoms with Crippen LogP contribution in [0.4, 0.5) is 0 Å². The lowest BCUT2D eigenvalue weighted by Crippen LogP contribution is -2.23. The molecule has 0 aliphatic carbocycles. The highest BCUT2D eigenvalue weighted by Crippen LogP contribution is 2.39. The van der Waals surface area contributed by atoms with Crippen LogP contribution in [0, 0.1) is 0 Å². The highest BCUT2D eigenvalue weighted by atomic mass is 32.2. The zero-order valence-corrected chi connectivity index (χ0v) is 12.7. The molecule has 19 heavy (non-hydrogen) atoms. The van der Waals surface area contributed by atoms with Gasteiger partial charge in [0.05, 0.1) is 11.9 Å². The third-order valence-corrected chi connectivity index (χ3v) is 6.72. The number of fused-ring (bicyclic) bond motifs is 1. The Balaban J connectivity index is 1.82. The molecule has 0 amide bonds. The SMILES string of the molecule is CCS(=O)(=O)CCCC(O)C1Cc2ccccc2S1. The van der Waals surface area contributed by atoms with Gasteiger partial charge in [-0.2, -0.15) is 0 Å². The largest absolute Gasteiger partial charge is 0.392 e. The van der Waals surface area contributed by atoms with Crippen LogP contribution in [0.15, 0.2) is 29.2 Å². The van der Waals surface area contributed by atoms with Gasteiger partial charge in [0.25, 0.3) is 0 Å². The third kappa shape index (κ3) is 3.97. The number of hydrogen-bond acceptors (Lipinski definition) is 4. The first kappa shape index (κ1) is 14.9. The number of hydrogen-bond donors (Lipinski definition) is 1. The summed E-state index contributed by atoms with van der Waals surface area (Å²) in [6, 6.07) is 8.20. The molecule has 0 radical (unpaired) electrons. The van der Waals surface area contributed by atoms with Gasteiger partial charge in [-0.05, 0) is 30.9 Å². The summed E-state index contributed by atoms with van der Waals surface area (Å²) >= 11 is 1.71. The lowest BCUT2D eigenvalue weighted by molar-refractivity contribution is 0.161. The van der Waals surface area contributed by atoms with Gasteiger partial charge in [0.15, 0.2) is 0 Å². The van der Waals surface area contributed by atoms with Crippen molar-refractivity contribution in [2.24, 2.45) is 0 Å². The van der Waals surface area contributed by atoms with Crippen LogP contribution in [0.5, 0.6) is 0 Å². The van der Waals surface area contributed by atoms with Gasteiger partial charge in [0.2, 0.25) is 0 Å². The fourth-order valence-corrected chi connectivity index (χ4v) is 4.50. The second-order valence-corrected chi connectivity index (χ2v) is 8.67. The Morgan fingerprint density at radius 2 is 2.16 bits per heavy atom. The average molecular weight is 300 g/mol. The zero-order chi connectivity index (χ0) is 13.9. The van der Waals surface area contributed by atoms with Crippen molar-refractivity contribution in [3.63, 3.8) is 0 Å². The monoisotopic (exact) mass is 300 g/mol. The van der Waals surface area contributed by atoms with E-state index in [1.54, 1.807) is 18.7 Å². The molecule has 0 saturated carbocycles. The summed E-state index contributed by atoms with van der Waals surface area (Å²) in [4.78, 5) is 1.24. The quantitative estimate of drug-likeness (QED) is 0.875. The van der Waals surface area contributed by atoms with E-state index in [1.807, 2.05) is 12.1 Å². The molecule has 0 bridgehead atoms. The maximum Gasteiger partial charge on any atom is 0.150 e. The van der Waals surface area contributed by atoms with E-state index in [0.717, 1.165) is 6.42 Å². The van der Waals surface area contributed by atoms with E-state index in [9.17, 15) is 13.5 Å². The van der Waals surface area contributed by atoms with Crippen LogP contribution in [-0.4, -0.2) is 36.4 Å². The van der Waals surface area contributed by atoms with Gasteiger partial charge in [0.1, 0.15) is 9.84 Å². The van der Waals surface area contributed by atoms with Crippen molar-refractivity contribution < 1.29 is 13.5 Å². The molecule has 3 nitrogen and oxygen atoms in total. The molecule has 0 saturated heterocycles. The molecule has 2 unspecified atom stereocenters. The molecule has 5 heteroatoms. The topological polar surface area (TPSA) is 54.4 Å². The number of benzene rings is 1. The molecule has 1 aliphatic rings. The Morgan fingerprint density at radius 3 is 2.84 bits per heavy atom. The van der Waals surface area contributed by atoms with E-state index in [4.69, 9.17) is 0 Å². The fourth-order valence-electron chi connectivity index (χ4n) is 2.27. The number of aliphatic hydroxyl groups excluding tert-OH is 1. The summed E-state index contributed by atoms with van der Waals surface area (Å²) < 4.78 is 22.8. The van der Waals surface area contributed by atoms with Gasteiger partial charge in [-0.1, -0.05) is 25.1 Å². The predicted octanol–water partition coefficient (Wildman–Crippen LogP) is 2.28. The van der Waals surface area contributed by atoms with Crippen molar-refractivity contribution in [2.75, 3.05) is 11.5 Å². The molecule has 2 atom stereocenters. The summed E-state index contributed by atoms with van der Waals surface area (Å²) in [6.45, 7) is 1.66. The van der Waals surface area contributed by atoms with Crippen molar-refractivity contribution in [3.05, 3.63) is 29.8 Å². The van der Waals surface area contributed by atoms with E-state index in [2.05, 4.69) is 12.1 Å². The van der Waals surface area contributed by atoms with Gasteiger partial charge >= 0.3 is 0 Å². The molecule has 0 fully saturated rings. The third-order valence-electron chi connectivity index (χ3n) is 3.50. The Kier molecular flexibility index (Phi) is 4.92. The molecule has 0 aromatic heterocycles. The molecular weight excluding hydrogens is 280 g/mol. The molecule has 106 valence electrons. The molecule has 1 aromatic carbocycles. The highest BCUT2D eigenvalue weighted by molar-refractivity contribution is 8.00. The summed E-state index contributed by atoms with van der Waals surface area (Å²) in [5, 5.41) is 10.3. The first-order valence-electron chi connectivity index (χ1n) is 6.65. The number of thioether (sulfide) groups is 1. The van der Waals surface area contributed by atoms with Crippen molar-refractivity contribution in [1.82, 2.24) is 0 Å². The molecule has 1 N–H and O–H groups in total. The van der Waals surface area contributed by atoms with E-state index < -0.39 is 15.9 Å². The van der Waals surface area contributed by atoms with E-state index in [0.29, 0.717) is 12.8 Å². The van der Waals surface area contributed by atoms with Crippen molar-refractivity contribution >= 4 is 21.6 Å².